The minimum absolute atomic E-state index is 0.0660. The molecule has 0 radical (unpaired) electrons. The molecule has 0 saturated heterocycles. The third kappa shape index (κ3) is 3.97. The zero-order chi connectivity index (χ0) is 32.0. The number of aliphatic hydroxyl groups excluding tert-OH is 2. The zero-order valence-electron chi connectivity index (χ0n) is 25.4. The predicted molar refractivity (Wildman–Crippen MR) is 164 cm³/mol. The number of carbonyl (C=O) groups excluding carboxylic acids is 3. The highest BCUT2D eigenvalue weighted by atomic mass is 16.4. The normalized spacial score (nSPS) is 24.9. The summed E-state index contributed by atoms with van der Waals surface area (Å²) < 4.78 is 6.23. The smallest absolute Gasteiger partial charge is 0.255 e. The molecule has 230 valence electrons. The van der Waals surface area contributed by atoms with E-state index in [9.17, 15) is 29.7 Å². The second-order valence-electron chi connectivity index (χ2n) is 12.4. The molecule has 2 aromatic carbocycles. The van der Waals surface area contributed by atoms with E-state index in [0.717, 1.165) is 11.4 Å². The van der Waals surface area contributed by atoms with Gasteiger partial charge in [0.15, 0.2) is 17.0 Å². The number of oxazole rings is 1. The molecule has 1 aromatic heterocycles. The van der Waals surface area contributed by atoms with Crippen molar-refractivity contribution in [3.8, 4) is 11.5 Å². The van der Waals surface area contributed by atoms with Crippen LogP contribution in [0.1, 0.15) is 22.3 Å². The van der Waals surface area contributed by atoms with Gasteiger partial charge in [-0.1, -0.05) is 0 Å². The van der Waals surface area contributed by atoms with Crippen LogP contribution in [-0.4, -0.2) is 96.6 Å². The van der Waals surface area contributed by atoms with Crippen molar-refractivity contribution in [3.05, 3.63) is 64.1 Å². The summed E-state index contributed by atoms with van der Waals surface area (Å²) in [7, 11) is 10.8. The maximum absolute atomic E-state index is 14.4. The lowest BCUT2D eigenvalue weighted by molar-refractivity contribution is -0.148. The van der Waals surface area contributed by atoms with E-state index in [1.807, 2.05) is 68.3 Å². The number of amides is 1. The number of rotatable bonds is 5. The third-order valence-corrected chi connectivity index (χ3v) is 9.19. The number of hydrogen-bond donors (Lipinski definition) is 4. The minimum Gasteiger partial charge on any atom is -0.510 e. The standard InChI is InChI=1S/C32H35N5O7/c1-35(2)16-9-7-14(8-10-16)31-34-19-13-20(36(3)4)17-11-15-12-18-24(37(5)6)26(39)23(30(33)42)29(41)32(18,43)28(40)21(15)25(38)22(17)27(19)44-31/h7-10,13,15,18,24,39-40,43H,11-12H2,1-6H3,(H2,33,42)/t15-,18-,24-,32-/m0/s1. The molecule has 0 saturated carbocycles. The van der Waals surface area contributed by atoms with Crippen LogP contribution in [0.3, 0.4) is 0 Å². The first kappa shape index (κ1) is 29.4. The Kier molecular flexibility index (Phi) is 6.63. The van der Waals surface area contributed by atoms with Crippen LogP contribution in [0.15, 0.2) is 57.4 Å². The van der Waals surface area contributed by atoms with Crippen LogP contribution in [0, 0.1) is 11.8 Å². The molecule has 1 amide bonds. The van der Waals surface area contributed by atoms with Crippen molar-refractivity contribution in [2.45, 2.75) is 24.5 Å². The maximum Gasteiger partial charge on any atom is 0.255 e. The Morgan fingerprint density at radius 1 is 1.05 bits per heavy atom. The number of anilines is 2. The molecule has 44 heavy (non-hydrogen) atoms. The van der Waals surface area contributed by atoms with Crippen LogP contribution < -0.4 is 15.5 Å². The molecular weight excluding hydrogens is 566 g/mol. The number of ketones is 2. The lowest BCUT2D eigenvalue weighted by Gasteiger charge is -2.50. The van der Waals surface area contributed by atoms with Crippen molar-refractivity contribution >= 4 is 39.9 Å². The number of aromatic nitrogens is 1. The van der Waals surface area contributed by atoms with Crippen molar-refractivity contribution in [2.75, 3.05) is 52.1 Å². The first-order valence-electron chi connectivity index (χ1n) is 14.2. The largest absolute Gasteiger partial charge is 0.510 e. The van der Waals surface area contributed by atoms with Crippen molar-refractivity contribution in [2.24, 2.45) is 17.6 Å². The number of aliphatic hydroxyl groups is 3. The number of likely N-dealkylation sites (N-methyl/N-ethyl adjacent to an activating group) is 1. The molecule has 5 N–H and O–H groups in total. The lowest BCUT2D eigenvalue weighted by Crippen LogP contribution is -2.63. The van der Waals surface area contributed by atoms with Crippen LogP contribution in [-0.2, 0) is 16.0 Å². The molecule has 0 fully saturated rings. The molecule has 0 aliphatic heterocycles. The van der Waals surface area contributed by atoms with Gasteiger partial charge in [-0.25, -0.2) is 4.98 Å². The SMILES string of the molecule is CN(C)c1ccc(-c2nc3cc(N(C)C)c4c(c3o2)C(=O)C2=C(O)[C@]3(O)C(=O)C(C(N)=O)=C(O)[C@@H](N(C)C)[C@@H]3C[C@@H]2C4)cc1. The number of primary amides is 1. The molecule has 0 spiro atoms. The first-order chi connectivity index (χ1) is 20.7. The number of allylic oxidation sites excluding steroid dienone is 1. The number of hydrogen-bond acceptors (Lipinski definition) is 11. The van der Waals surface area contributed by atoms with Crippen LogP contribution in [0.25, 0.3) is 22.6 Å². The van der Waals surface area contributed by atoms with Crippen LogP contribution in [0.2, 0.25) is 0 Å². The Morgan fingerprint density at radius 2 is 1.70 bits per heavy atom. The van der Waals surface area contributed by atoms with E-state index >= 15 is 0 Å². The van der Waals surface area contributed by atoms with E-state index in [1.165, 1.54) is 0 Å². The number of nitrogens with zero attached hydrogens (tertiary/aromatic N) is 4. The summed E-state index contributed by atoms with van der Waals surface area (Å²) >= 11 is 0. The fraction of sp³-hybridized carbons (Fsp3) is 0.375. The molecular formula is C32H35N5O7. The summed E-state index contributed by atoms with van der Waals surface area (Å²) in [4.78, 5) is 50.4. The highest BCUT2D eigenvalue weighted by Gasteiger charge is 2.63. The number of benzene rings is 2. The van der Waals surface area contributed by atoms with E-state index < -0.39 is 58.0 Å². The van der Waals surface area contributed by atoms with Gasteiger partial charge in [0.25, 0.3) is 5.91 Å². The number of nitrogens with two attached hydrogens (primary N) is 1. The van der Waals surface area contributed by atoms with Crippen LogP contribution in [0.5, 0.6) is 0 Å². The van der Waals surface area contributed by atoms with Crippen molar-refractivity contribution in [1.82, 2.24) is 9.88 Å². The lowest BCUT2D eigenvalue weighted by atomic mass is 9.58. The summed E-state index contributed by atoms with van der Waals surface area (Å²) in [5.41, 5.74) is 5.85. The fourth-order valence-corrected chi connectivity index (χ4v) is 7.11. The van der Waals surface area contributed by atoms with E-state index in [2.05, 4.69) is 0 Å². The van der Waals surface area contributed by atoms with Gasteiger partial charge in [0.05, 0.1) is 11.6 Å². The average molecular weight is 602 g/mol. The van der Waals surface area contributed by atoms with Gasteiger partial charge >= 0.3 is 0 Å². The van der Waals surface area contributed by atoms with Gasteiger partial charge in [0.2, 0.25) is 11.7 Å². The van der Waals surface area contributed by atoms with E-state index in [0.29, 0.717) is 22.5 Å². The van der Waals surface area contributed by atoms with Gasteiger partial charge in [-0.15, -0.1) is 0 Å². The van der Waals surface area contributed by atoms with Gasteiger partial charge < -0.3 is 35.3 Å². The molecule has 1 heterocycles. The minimum atomic E-state index is -2.65. The van der Waals surface area contributed by atoms with E-state index in [-0.39, 0.29) is 29.6 Å². The van der Waals surface area contributed by atoms with Crippen LogP contribution in [0.4, 0.5) is 11.4 Å². The molecule has 3 aromatic rings. The molecule has 3 aliphatic rings. The summed E-state index contributed by atoms with van der Waals surface area (Å²) in [6, 6.07) is 8.44. The van der Waals surface area contributed by atoms with Crippen LogP contribution >= 0.6 is 0 Å². The molecule has 6 rings (SSSR count). The highest BCUT2D eigenvalue weighted by molar-refractivity contribution is 6.25. The van der Waals surface area contributed by atoms with Gasteiger partial charge in [0.1, 0.15) is 22.6 Å². The van der Waals surface area contributed by atoms with Crippen molar-refractivity contribution in [3.63, 3.8) is 0 Å². The number of carbonyl (C=O) groups is 3. The summed E-state index contributed by atoms with van der Waals surface area (Å²) in [5.74, 6) is -5.83. The Morgan fingerprint density at radius 3 is 2.27 bits per heavy atom. The molecule has 12 heteroatoms. The summed E-state index contributed by atoms with van der Waals surface area (Å²) in [6.45, 7) is 0. The van der Waals surface area contributed by atoms with Crippen molar-refractivity contribution < 1.29 is 34.1 Å². The second kappa shape index (κ2) is 9.93. The maximum atomic E-state index is 14.4. The Bertz CT molecular complexity index is 1820. The third-order valence-electron chi connectivity index (χ3n) is 9.19. The zero-order valence-corrected chi connectivity index (χ0v) is 25.4. The molecule has 0 bridgehead atoms. The molecule has 4 atom stereocenters. The topological polar surface area (TPSA) is 174 Å². The van der Waals surface area contributed by atoms with Gasteiger partial charge in [-0.05, 0) is 68.8 Å². The predicted octanol–water partition coefficient (Wildman–Crippen LogP) is 2.36. The van der Waals surface area contributed by atoms with Gasteiger partial charge in [-0.3, -0.25) is 19.3 Å². The summed E-state index contributed by atoms with van der Waals surface area (Å²) in [5, 5.41) is 34.6. The van der Waals surface area contributed by atoms with Crippen molar-refractivity contribution in [1.29, 1.82) is 0 Å². The fourth-order valence-electron chi connectivity index (χ4n) is 7.11. The Labute approximate surface area is 253 Å². The monoisotopic (exact) mass is 601 g/mol. The number of Topliss-reactive ketones (excluding diaryl/α,β-unsaturated/α-hetero) is 2. The second-order valence-corrected chi connectivity index (χ2v) is 12.4. The first-order valence-corrected chi connectivity index (χ1v) is 14.2. The Hall–Kier alpha value is -4.68. The molecule has 0 unspecified atom stereocenters. The molecule has 3 aliphatic carbocycles. The van der Waals surface area contributed by atoms with E-state index in [1.54, 1.807) is 19.0 Å². The average Bonchev–Trinajstić information content (AvgIpc) is 3.38. The quantitative estimate of drug-likeness (QED) is 0.316. The molecule has 12 nitrogen and oxygen atoms in total. The summed E-state index contributed by atoms with van der Waals surface area (Å²) in [6.07, 6.45) is 0.349. The van der Waals surface area contributed by atoms with Gasteiger partial charge in [0, 0.05) is 56.6 Å². The highest BCUT2D eigenvalue weighted by Crippen LogP contribution is 2.53. The van der Waals surface area contributed by atoms with Gasteiger partial charge in [-0.2, -0.15) is 0 Å². The number of fused-ring (bicyclic) bond motifs is 5. The van der Waals surface area contributed by atoms with E-state index in [4.69, 9.17) is 15.1 Å². The Balaban J connectivity index is 1.55.